The Morgan fingerprint density at radius 2 is 2.20 bits per heavy atom. The Labute approximate surface area is 100 Å². The molecule has 0 aromatic heterocycles. The number of anilines is 1. The van der Waals surface area contributed by atoms with Crippen molar-refractivity contribution in [2.45, 2.75) is 13.3 Å². The Balaban J connectivity index is 0.00000196. The first kappa shape index (κ1) is 14.2. The van der Waals surface area contributed by atoms with Crippen LogP contribution in [0.4, 0.5) is 5.69 Å². The van der Waals surface area contributed by atoms with E-state index in [2.05, 4.69) is 5.32 Å². The fourth-order valence-electron chi connectivity index (χ4n) is 1.09. The molecule has 0 heterocycles. The molecule has 84 valence electrons. The van der Waals surface area contributed by atoms with Gasteiger partial charge in [0.05, 0.1) is 0 Å². The van der Waals surface area contributed by atoms with Gasteiger partial charge in [0.25, 0.3) is 0 Å². The fraction of sp³-hybridized carbons (Fsp3) is 0.300. The third-order valence-corrected chi connectivity index (χ3v) is 2.32. The van der Waals surface area contributed by atoms with E-state index in [1.54, 1.807) is 12.1 Å². The average Bonchev–Trinajstić information content (AvgIpc) is 2.13. The minimum atomic E-state index is -0.0853. The summed E-state index contributed by atoms with van der Waals surface area (Å²) in [6, 6.07) is 5.40. The van der Waals surface area contributed by atoms with Gasteiger partial charge >= 0.3 is 0 Å². The summed E-state index contributed by atoms with van der Waals surface area (Å²) in [6.45, 7) is 2.21. The van der Waals surface area contributed by atoms with Gasteiger partial charge in [0.1, 0.15) is 0 Å². The Morgan fingerprint density at radius 3 is 2.80 bits per heavy atom. The van der Waals surface area contributed by atoms with Crippen LogP contribution in [0.3, 0.4) is 0 Å². The quantitative estimate of drug-likeness (QED) is 0.863. The van der Waals surface area contributed by atoms with Crippen molar-refractivity contribution in [2.75, 3.05) is 11.9 Å². The molecule has 1 aromatic rings. The lowest BCUT2D eigenvalue weighted by atomic mass is 10.2. The maximum absolute atomic E-state index is 11.2. The molecule has 0 saturated carbocycles. The molecular formula is C10H14Cl2N2O. The molecule has 5 heteroatoms. The second-order valence-corrected chi connectivity index (χ2v) is 3.41. The minimum absolute atomic E-state index is 0. The molecule has 0 aliphatic carbocycles. The van der Waals surface area contributed by atoms with Crippen LogP contribution in [0.1, 0.15) is 12.0 Å². The summed E-state index contributed by atoms with van der Waals surface area (Å²) in [6.07, 6.45) is 0.325. The van der Waals surface area contributed by atoms with Gasteiger partial charge in [-0.2, -0.15) is 0 Å². The van der Waals surface area contributed by atoms with Crippen LogP contribution in [-0.4, -0.2) is 12.5 Å². The molecule has 1 amide bonds. The second kappa shape index (κ2) is 6.67. The lowest BCUT2D eigenvalue weighted by Crippen LogP contribution is -2.16. The van der Waals surface area contributed by atoms with Crippen LogP contribution >= 0.6 is 24.0 Å². The van der Waals surface area contributed by atoms with Crippen LogP contribution in [0, 0.1) is 6.92 Å². The molecule has 0 bridgehead atoms. The zero-order chi connectivity index (χ0) is 10.6. The summed E-state index contributed by atoms with van der Waals surface area (Å²) in [5.74, 6) is -0.0853. The van der Waals surface area contributed by atoms with E-state index in [1.807, 2.05) is 13.0 Å². The van der Waals surface area contributed by atoms with Crippen LogP contribution in [0.25, 0.3) is 0 Å². The van der Waals surface area contributed by atoms with Gasteiger partial charge < -0.3 is 11.1 Å². The third kappa shape index (κ3) is 4.08. The fourth-order valence-corrected chi connectivity index (χ4v) is 1.26. The van der Waals surface area contributed by atoms with Crippen LogP contribution < -0.4 is 11.1 Å². The number of hydrogen-bond acceptors (Lipinski definition) is 2. The zero-order valence-electron chi connectivity index (χ0n) is 8.42. The lowest BCUT2D eigenvalue weighted by Gasteiger charge is -2.08. The summed E-state index contributed by atoms with van der Waals surface area (Å²) >= 11 is 5.90. The molecule has 1 aromatic carbocycles. The van der Waals surface area contributed by atoms with E-state index >= 15 is 0 Å². The van der Waals surface area contributed by atoms with Crippen LogP contribution in [0.2, 0.25) is 5.02 Å². The van der Waals surface area contributed by atoms with E-state index < -0.39 is 0 Å². The first-order valence-corrected chi connectivity index (χ1v) is 4.78. The molecule has 0 radical (unpaired) electrons. The van der Waals surface area contributed by atoms with Gasteiger partial charge in [0.15, 0.2) is 0 Å². The molecule has 1 rings (SSSR count). The molecule has 3 nitrogen and oxygen atoms in total. The number of benzene rings is 1. The molecule has 0 unspecified atom stereocenters. The summed E-state index contributed by atoms with van der Waals surface area (Å²) < 4.78 is 0. The van der Waals surface area contributed by atoms with Gasteiger partial charge in [0, 0.05) is 23.7 Å². The molecule has 0 atom stereocenters. The van der Waals surface area contributed by atoms with E-state index in [-0.39, 0.29) is 18.3 Å². The van der Waals surface area contributed by atoms with Crippen molar-refractivity contribution in [3.63, 3.8) is 0 Å². The summed E-state index contributed by atoms with van der Waals surface area (Å²) in [5, 5.41) is 3.40. The van der Waals surface area contributed by atoms with E-state index in [9.17, 15) is 4.79 Å². The van der Waals surface area contributed by atoms with Gasteiger partial charge in [-0.15, -0.1) is 12.4 Å². The molecular weight excluding hydrogens is 235 g/mol. The molecule has 0 aliphatic heterocycles. The van der Waals surface area contributed by atoms with E-state index in [0.29, 0.717) is 18.0 Å². The topological polar surface area (TPSA) is 55.1 Å². The molecule has 0 fully saturated rings. The van der Waals surface area contributed by atoms with Gasteiger partial charge in [-0.25, -0.2) is 0 Å². The van der Waals surface area contributed by atoms with Gasteiger partial charge in [-0.05, 0) is 24.6 Å². The number of nitrogens with two attached hydrogens (primary N) is 1. The SMILES string of the molecule is Cc1c(Cl)cccc1NC(=O)CCN.Cl. The average molecular weight is 249 g/mol. The van der Waals surface area contributed by atoms with Crippen LogP contribution in [0.15, 0.2) is 18.2 Å². The Morgan fingerprint density at radius 1 is 1.53 bits per heavy atom. The van der Waals surface area contributed by atoms with Gasteiger partial charge in [0.2, 0.25) is 5.91 Å². The third-order valence-electron chi connectivity index (χ3n) is 1.91. The van der Waals surface area contributed by atoms with Crippen molar-refractivity contribution < 1.29 is 4.79 Å². The molecule has 0 aliphatic rings. The highest BCUT2D eigenvalue weighted by Gasteiger charge is 2.05. The van der Waals surface area contributed by atoms with Crippen molar-refractivity contribution in [3.05, 3.63) is 28.8 Å². The number of halogens is 2. The van der Waals surface area contributed by atoms with Crippen molar-refractivity contribution in [2.24, 2.45) is 5.73 Å². The Kier molecular flexibility index (Phi) is 6.32. The van der Waals surface area contributed by atoms with Crippen molar-refractivity contribution in [1.82, 2.24) is 0 Å². The minimum Gasteiger partial charge on any atom is -0.330 e. The number of rotatable bonds is 3. The number of amides is 1. The largest absolute Gasteiger partial charge is 0.330 e. The maximum atomic E-state index is 11.2. The second-order valence-electron chi connectivity index (χ2n) is 3.00. The first-order valence-electron chi connectivity index (χ1n) is 4.40. The van der Waals surface area contributed by atoms with Crippen molar-refractivity contribution in [1.29, 1.82) is 0 Å². The van der Waals surface area contributed by atoms with Crippen LogP contribution in [0.5, 0.6) is 0 Å². The number of carbonyl (C=O) groups excluding carboxylic acids is 1. The standard InChI is InChI=1S/C10H13ClN2O.ClH/c1-7-8(11)3-2-4-9(7)13-10(14)5-6-12;/h2-4H,5-6,12H2,1H3,(H,13,14);1H. The zero-order valence-corrected chi connectivity index (χ0v) is 9.99. The summed E-state index contributed by atoms with van der Waals surface area (Å²) in [7, 11) is 0. The number of carbonyl (C=O) groups is 1. The van der Waals surface area contributed by atoms with Crippen LogP contribution in [-0.2, 0) is 4.79 Å². The number of hydrogen-bond donors (Lipinski definition) is 2. The van der Waals surface area contributed by atoms with Crippen molar-refractivity contribution >= 4 is 35.6 Å². The predicted molar refractivity (Wildman–Crippen MR) is 65.7 cm³/mol. The lowest BCUT2D eigenvalue weighted by molar-refractivity contribution is -0.116. The molecule has 0 spiro atoms. The van der Waals surface area contributed by atoms with Gasteiger partial charge in [-0.3, -0.25) is 4.79 Å². The van der Waals surface area contributed by atoms with Crippen molar-refractivity contribution in [3.8, 4) is 0 Å². The highest BCUT2D eigenvalue weighted by Crippen LogP contribution is 2.22. The highest BCUT2D eigenvalue weighted by atomic mass is 35.5. The summed E-state index contributed by atoms with van der Waals surface area (Å²) in [5.41, 5.74) is 6.88. The van der Waals surface area contributed by atoms with E-state index in [4.69, 9.17) is 17.3 Å². The smallest absolute Gasteiger partial charge is 0.225 e. The highest BCUT2D eigenvalue weighted by molar-refractivity contribution is 6.31. The first-order chi connectivity index (χ1) is 6.65. The van der Waals surface area contributed by atoms with E-state index in [1.165, 1.54) is 0 Å². The number of nitrogens with one attached hydrogen (secondary N) is 1. The Hall–Kier alpha value is -0.770. The molecule has 3 N–H and O–H groups in total. The Bertz CT molecular complexity index is 342. The monoisotopic (exact) mass is 248 g/mol. The van der Waals surface area contributed by atoms with E-state index in [0.717, 1.165) is 11.3 Å². The normalized spacial score (nSPS) is 9.27. The predicted octanol–water partition coefficient (Wildman–Crippen LogP) is 2.36. The maximum Gasteiger partial charge on any atom is 0.225 e. The molecule has 15 heavy (non-hydrogen) atoms. The molecule has 0 saturated heterocycles. The summed E-state index contributed by atoms with van der Waals surface area (Å²) in [4.78, 5) is 11.2. The van der Waals surface area contributed by atoms with Gasteiger partial charge in [-0.1, -0.05) is 17.7 Å².